The van der Waals surface area contributed by atoms with E-state index in [1.165, 1.54) is 37.2 Å². The first kappa shape index (κ1) is 14.9. The van der Waals surface area contributed by atoms with Crippen molar-refractivity contribution in [3.63, 3.8) is 0 Å². The molecule has 1 aliphatic heterocycles. The van der Waals surface area contributed by atoms with E-state index in [-0.39, 0.29) is 6.04 Å². The normalized spacial score (nSPS) is 20.8. The van der Waals surface area contributed by atoms with Gasteiger partial charge in [-0.3, -0.25) is 0 Å². The fourth-order valence-corrected chi connectivity index (χ4v) is 3.25. The molecule has 3 heteroatoms. The molecule has 0 aromatic heterocycles. The first-order chi connectivity index (χ1) is 9.13. The van der Waals surface area contributed by atoms with Crippen molar-refractivity contribution >= 4 is 21.6 Å². The standard InChI is InChI=1S/C16H25BrN2/c1-3-12-7-8-19(11-12)16-6-5-14(17)9-13(16)10-15(18)4-2/h5-6,9,12,15H,3-4,7-8,10-11,18H2,1-2H3. The molecule has 0 aliphatic carbocycles. The van der Waals surface area contributed by atoms with Crippen LogP contribution in [0.4, 0.5) is 5.69 Å². The Labute approximate surface area is 125 Å². The topological polar surface area (TPSA) is 29.3 Å². The number of hydrogen-bond acceptors (Lipinski definition) is 2. The molecule has 1 aliphatic rings. The van der Waals surface area contributed by atoms with Crippen LogP contribution in [0.15, 0.2) is 22.7 Å². The summed E-state index contributed by atoms with van der Waals surface area (Å²) in [6.45, 7) is 6.84. The van der Waals surface area contributed by atoms with Crippen molar-refractivity contribution in [3.8, 4) is 0 Å². The fourth-order valence-electron chi connectivity index (χ4n) is 2.84. The van der Waals surface area contributed by atoms with E-state index in [9.17, 15) is 0 Å². The molecule has 1 heterocycles. The number of hydrogen-bond donors (Lipinski definition) is 1. The highest BCUT2D eigenvalue weighted by molar-refractivity contribution is 9.10. The summed E-state index contributed by atoms with van der Waals surface area (Å²) in [5, 5.41) is 0. The number of nitrogens with zero attached hydrogens (tertiary/aromatic N) is 1. The van der Waals surface area contributed by atoms with Crippen molar-refractivity contribution in [2.45, 2.75) is 45.6 Å². The lowest BCUT2D eigenvalue weighted by Crippen LogP contribution is -2.25. The molecule has 0 saturated carbocycles. The van der Waals surface area contributed by atoms with Gasteiger partial charge in [-0.1, -0.05) is 36.2 Å². The summed E-state index contributed by atoms with van der Waals surface area (Å²) in [5.41, 5.74) is 8.92. The quantitative estimate of drug-likeness (QED) is 0.888. The maximum atomic E-state index is 6.14. The van der Waals surface area contributed by atoms with Crippen LogP contribution < -0.4 is 10.6 Å². The molecule has 1 saturated heterocycles. The summed E-state index contributed by atoms with van der Waals surface area (Å²) in [6.07, 6.45) is 4.62. The molecule has 106 valence electrons. The van der Waals surface area contributed by atoms with Gasteiger partial charge in [0.05, 0.1) is 0 Å². The molecule has 1 aromatic carbocycles. The lowest BCUT2D eigenvalue weighted by Gasteiger charge is -2.23. The largest absolute Gasteiger partial charge is 0.371 e. The van der Waals surface area contributed by atoms with Crippen molar-refractivity contribution < 1.29 is 0 Å². The second-order valence-corrected chi connectivity index (χ2v) is 6.57. The molecular weight excluding hydrogens is 300 g/mol. The second kappa shape index (κ2) is 6.76. The van der Waals surface area contributed by atoms with Crippen molar-refractivity contribution in [1.82, 2.24) is 0 Å². The summed E-state index contributed by atoms with van der Waals surface area (Å²) >= 11 is 3.58. The molecule has 0 amide bonds. The number of rotatable bonds is 5. The minimum atomic E-state index is 0.262. The zero-order valence-corrected chi connectivity index (χ0v) is 13.6. The Balaban J connectivity index is 2.19. The Morgan fingerprint density at radius 1 is 1.42 bits per heavy atom. The summed E-state index contributed by atoms with van der Waals surface area (Å²) in [5.74, 6) is 0.858. The zero-order valence-electron chi connectivity index (χ0n) is 12.0. The predicted octanol–water partition coefficient (Wildman–Crippen LogP) is 3.97. The van der Waals surface area contributed by atoms with Crippen molar-refractivity contribution in [2.24, 2.45) is 11.7 Å². The third-order valence-electron chi connectivity index (χ3n) is 4.25. The number of benzene rings is 1. The minimum Gasteiger partial charge on any atom is -0.371 e. The van der Waals surface area contributed by atoms with Gasteiger partial charge in [0, 0.05) is 29.3 Å². The molecule has 1 aromatic rings. The van der Waals surface area contributed by atoms with E-state index >= 15 is 0 Å². The third kappa shape index (κ3) is 3.73. The number of halogens is 1. The highest BCUT2D eigenvalue weighted by Gasteiger charge is 2.23. The van der Waals surface area contributed by atoms with Gasteiger partial charge in [0.2, 0.25) is 0 Å². The molecule has 2 rings (SSSR count). The molecule has 0 radical (unpaired) electrons. The molecule has 0 bridgehead atoms. The van der Waals surface area contributed by atoms with Crippen LogP contribution in [0.3, 0.4) is 0 Å². The lowest BCUT2D eigenvalue weighted by molar-refractivity contribution is 0.569. The van der Waals surface area contributed by atoms with Crippen LogP contribution in [0.25, 0.3) is 0 Å². The van der Waals surface area contributed by atoms with Crippen LogP contribution in [-0.4, -0.2) is 19.1 Å². The second-order valence-electron chi connectivity index (χ2n) is 5.65. The molecule has 2 unspecified atom stereocenters. The molecule has 0 spiro atoms. The van der Waals surface area contributed by atoms with Crippen LogP contribution in [0, 0.1) is 5.92 Å². The molecule has 2 nitrogen and oxygen atoms in total. The van der Waals surface area contributed by atoms with E-state index in [0.717, 1.165) is 23.2 Å². The van der Waals surface area contributed by atoms with Crippen LogP contribution in [-0.2, 0) is 6.42 Å². The SMILES string of the molecule is CCC(N)Cc1cc(Br)ccc1N1CCC(CC)C1. The summed E-state index contributed by atoms with van der Waals surface area (Å²) < 4.78 is 1.15. The van der Waals surface area contributed by atoms with Gasteiger partial charge in [0.15, 0.2) is 0 Å². The fraction of sp³-hybridized carbons (Fsp3) is 0.625. The average Bonchev–Trinajstić information content (AvgIpc) is 2.87. The predicted molar refractivity (Wildman–Crippen MR) is 86.7 cm³/mol. The Morgan fingerprint density at radius 2 is 2.21 bits per heavy atom. The highest BCUT2D eigenvalue weighted by atomic mass is 79.9. The van der Waals surface area contributed by atoms with Crippen molar-refractivity contribution in [2.75, 3.05) is 18.0 Å². The molecular formula is C16H25BrN2. The van der Waals surface area contributed by atoms with Crippen molar-refractivity contribution in [1.29, 1.82) is 0 Å². The number of nitrogens with two attached hydrogens (primary N) is 1. The van der Waals surface area contributed by atoms with Crippen LogP contribution in [0.5, 0.6) is 0 Å². The molecule has 2 N–H and O–H groups in total. The van der Waals surface area contributed by atoms with Gasteiger partial charge in [-0.25, -0.2) is 0 Å². The monoisotopic (exact) mass is 324 g/mol. The Bertz CT molecular complexity index is 419. The van der Waals surface area contributed by atoms with Gasteiger partial charge in [0.25, 0.3) is 0 Å². The summed E-state index contributed by atoms with van der Waals surface area (Å²) in [7, 11) is 0. The Hall–Kier alpha value is -0.540. The van der Waals surface area contributed by atoms with Crippen LogP contribution in [0.1, 0.15) is 38.7 Å². The van der Waals surface area contributed by atoms with E-state index in [1.54, 1.807) is 0 Å². The van der Waals surface area contributed by atoms with Gasteiger partial charge in [0.1, 0.15) is 0 Å². The third-order valence-corrected chi connectivity index (χ3v) is 4.75. The Kier molecular flexibility index (Phi) is 5.28. The molecule has 19 heavy (non-hydrogen) atoms. The zero-order chi connectivity index (χ0) is 13.8. The highest BCUT2D eigenvalue weighted by Crippen LogP contribution is 2.31. The first-order valence-corrected chi connectivity index (χ1v) is 8.22. The lowest BCUT2D eigenvalue weighted by atomic mass is 10.0. The van der Waals surface area contributed by atoms with E-state index in [1.807, 2.05) is 0 Å². The average molecular weight is 325 g/mol. The van der Waals surface area contributed by atoms with Gasteiger partial charge in [-0.05, 0) is 48.9 Å². The smallest absolute Gasteiger partial charge is 0.0400 e. The van der Waals surface area contributed by atoms with E-state index in [2.05, 4.69) is 52.9 Å². The minimum absolute atomic E-state index is 0.262. The van der Waals surface area contributed by atoms with Gasteiger partial charge in [-0.2, -0.15) is 0 Å². The Morgan fingerprint density at radius 3 is 2.84 bits per heavy atom. The van der Waals surface area contributed by atoms with E-state index in [4.69, 9.17) is 5.73 Å². The molecule has 1 fully saturated rings. The summed E-state index contributed by atoms with van der Waals surface area (Å²) in [4.78, 5) is 2.54. The van der Waals surface area contributed by atoms with E-state index < -0.39 is 0 Å². The van der Waals surface area contributed by atoms with Gasteiger partial charge >= 0.3 is 0 Å². The summed E-state index contributed by atoms with van der Waals surface area (Å²) in [6, 6.07) is 6.90. The van der Waals surface area contributed by atoms with Gasteiger partial charge in [-0.15, -0.1) is 0 Å². The van der Waals surface area contributed by atoms with Crippen molar-refractivity contribution in [3.05, 3.63) is 28.2 Å². The maximum absolute atomic E-state index is 6.14. The first-order valence-electron chi connectivity index (χ1n) is 7.43. The van der Waals surface area contributed by atoms with Crippen LogP contribution >= 0.6 is 15.9 Å². The number of anilines is 1. The van der Waals surface area contributed by atoms with Crippen LogP contribution in [0.2, 0.25) is 0 Å². The van der Waals surface area contributed by atoms with Gasteiger partial charge < -0.3 is 10.6 Å². The maximum Gasteiger partial charge on any atom is 0.0400 e. The van der Waals surface area contributed by atoms with E-state index in [0.29, 0.717) is 0 Å². The molecule has 2 atom stereocenters.